The van der Waals surface area contributed by atoms with Crippen LogP contribution in [0.2, 0.25) is 0 Å². The number of carboxylic acid groups (broad SMARTS) is 1. The van der Waals surface area contributed by atoms with Gasteiger partial charge in [0.1, 0.15) is 18.5 Å². The number of nitrogens with one attached hydrogen (secondary N) is 3. The lowest BCUT2D eigenvalue weighted by molar-refractivity contribution is -0.140. The summed E-state index contributed by atoms with van der Waals surface area (Å²) >= 11 is 0. The average Bonchev–Trinajstić information content (AvgIpc) is 3.24. The predicted octanol–water partition coefficient (Wildman–Crippen LogP) is 4.53. The van der Waals surface area contributed by atoms with E-state index in [0.29, 0.717) is 56.3 Å². The molecule has 2 aromatic carbocycles. The van der Waals surface area contributed by atoms with Gasteiger partial charge in [0, 0.05) is 42.1 Å². The summed E-state index contributed by atoms with van der Waals surface area (Å²) in [5.41, 5.74) is 3.70. The van der Waals surface area contributed by atoms with Crippen LogP contribution in [0.4, 0.5) is 9.18 Å². The number of amides is 3. The molecule has 43 heavy (non-hydrogen) atoms. The maximum atomic E-state index is 14.2. The van der Waals surface area contributed by atoms with E-state index < -0.39 is 35.9 Å². The second kappa shape index (κ2) is 12.3. The van der Waals surface area contributed by atoms with Crippen LogP contribution in [0, 0.1) is 11.2 Å². The number of hydrogen-bond donors (Lipinski definition) is 4. The van der Waals surface area contributed by atoms with Crippen molar-refractivity contribution < 1.29 is 33.4 Å². The molecular weight excluding hydrogens is 555 g/mol. The number of allylic oxidation sites excluding steroid dienone is 1. The lowest BCUT2D eigenvalue weighted by atomic mass is 9.78. The molecule has 2 heterocycles. The van der Waals surface area contributed by atoms with Crippen LogP contribution in [-0.2, 0) is 27.3 Å². The van der Waals surface area contributed by atoms with Crippen molar-refractivity contribution in [3.05, 3.63) is 71.1 Å². The van der Waals surface area contributed by atoms with Crippen molar-refractivity contribution in [3.8, 4) is 11.3 Å². The first-order valence-corrected chi connectivity index (χ1v) is 14.3. The van der Waals surface area contributed by atoms with E-state index in [1.807, 2.05) is 36.4 Å². The van der Waals surface area contributed by atoms with Crippen LogP contribution >= 0.6 is 0 Å². The van der Waals surface area contributed by atoms with Crippen molar-refractivity contribution in [1.29, 1.82) is 0 Å². The Balaban J connectivity index is 1.23. The van der Waals surface area contributed by atoms with E-state index in [0.717, 1.165) is 27.8 Å². The van der Waals surface area contributed by atoms with Crippen LogP contribution < -0.4 is 10.6 Å². The normalized spacial score (nSPS) is 20.7. The molecule has 1 aliphatic heterocycles. The molecule has 0 radical (unpaired) electrons. The zero-order valence-corrected chi connectivity index (χ0v) is 24.2. The lowest BCUT2D eigenvalue weighted by Crippen LogP contribution is -2.42. The topological polar surface area (TPSA) is 141 Å². The number of nitrogens with zero attached hydrogens (tertiary/aromatic N) is 1. The first kappa shape index (κ1) is 29.8. The summed E-state index contributed by atoms with van der Waals surface area (Å²) in [6, 6.07) is 10.4. The Bertz CT molecular complexity index is 1600. The fraction of sp³-hybridized carbons (Fsp3) is 0.375. The average molecular weight is 591 g/mol. The van der Waals surface area contributed by atoms with Gasteiger partial charge in [-0.15, -0.1) is 0 Å². The molecule has 2 aliphatic rings. The van der Waals surface area contributed by atoms with Gasteiger partial charge in [-0.1, -0.05) is 37.3 Å². The number of benzene rings is 2. The third-order valence-corrected chi connectivity index (χ3v) is 8.24. The maximum absolute atomic E-state index is 14.2. The first-order chi connectivity index (χ1) is 20.5. The zero-order valence-electron chi connectivity index (χ0n) is 24.2. The standard InChI is InChI=1S/C32H35FN4O6/c1-32(30(41)35-17-26(38)39)12-4-3-5-22(10-13-32)43-31(42)37(2)18-19-6-8-20(9-7-19)28-23-11-14-34-29(40)24-15-21(33)16-25(36-28)27(23)24/h3,5-9,15-16,22,36H,4,10-14,17-18H2,1-2H3,(H,34,40)(H,35,41)(H,38,39)/b5-3+/t22-,32+/m0/s1. The first-order valence-electron chi connectivity index (χ1n) is 14.3. The van der Waals surface area contributed by atoms with Gasteiger partial charge in [0.15, 0.2) is 0 Å². The molecule has 5 rings (SSSR count). The van der Waals surface area contributed by atoms with Gasteiger partial charge in [0.05, 0.1) is 5.56 Å². The summed E-state index contributed by atoms with van der Waals surface area (Å²) in [6.07, 6.45) is 5.38. The van der Waals surface area contributed by atoms with E-state index in [1.165, 1.54) is 17.0 Å². The Labute approximate surface area is 248 Å². The minimum Gasteiger partial charge on any atom is -0.480 e. The van der Waals surface area contributed by atoms with Crippen LogP contribution in [0.3, 0.4) is 0 Å². The van der Waals surface area contributed by atoms with Gasteiger partial charge < -0.3 is 30.4 Å². The second-order valence-electron chi connectivity index (χ2n) is 11.5. The summed E-state index contributed by atoms with van der Waals surface area (Å²) in [7, 11) is 1.65. The van der Waals surface area contributed by atoms with Crippen LogP contribution in [-0.4, -0.2) is 65.1 Å². The third kappa shape index (κ3) is 6.55. The number of rotatable bonds is 7. The summed E-state index contributed by atoms with van der Waals surface area (Å²) < 4.78 is 20.0. The molecule has 0 saturated heterocycles. The molecule has 3 aromatic rings. The van der Waals surface area contributed by atoms with Gasteiger partial charge in [-0.2, -0.15) is 0 Å². The maximum Gasteiger partial charge on any atom is 0.410 e. The lowest BCUT2D eigenvalue weighted by Gasteiger charge is -2.31. The molecule has 0 unspecified atom stereocenters. The molecule has 226 valence electrons. The highest BCUT2D eigenvalue weighted by molar-refractivity contribution is 6.10. The fourth-order valence-electron chi connectivity index (χ4n) is 5.80. The van der Waals surface area contributed by atoms with Crippen molar-refractivity contribution in [1.82, 2.24) is 20.5 Å². The number of hydrogen-bond acceptors (Lipinski definition) is 5. The predicted molar refractivity (Wildman–Crippen MR) is 158 cm³/mol. The van der Waals surface area contributed by atoms with Crippen molar-refractivity contribution in [2.45, 2.75) is 51.7 Å². The molecule has 1 aliphatic carbocycles. The highest BCUT2D eigenvalue weighted by Crippen LogP contribution is 2.35. The van der Waals surface area contributed by atoms with E-state index in [2.05, 4.69) is 15.6 Å². The van der Waals surface area contributed by atoms with Crippen LogP contribution in [0.1, 0.15) is 54.1 Å². The molecular formula is C32H35FN4O6. The Kier molecular flexibility index (Phi) is 8.52. The van der Waals surface area contributed by atoms with Crippen molar-refractivity contribution in [2.75, 3.05) is 20.1 Å². The number of ether oxygens (including phenoxy) is 1. The summed E-state index contributed by atoms with van der Waals surface area (Å²) in [6.45, 7) is 2.13. The summed E-state index contributed by atoms with van der Waals surface area (Å²) in [4.78, 5) is 53.7. The third-order valence-electron chi connectivity index (χ3n) is 8.24. The number of carbonyl (C=O) groups is 4. The van der Waals surface area contributed by atoms with Crippen molar-refractivity contribution in [2.24, 2.45) is 5.41 Å². The van der Waals surface area contributed by atoms with Gasteiger partial charge in [-0.3, -0.25) is 14.4 Å². The van der Waals surface area contributed by atoms with Gasteiger partial charge in [0.2, 0.25) is 5.91 Å². The molecule has 1 aromatic heterocycles. The smallest absolute Gasteiger partial charge is 0.410 e. The van der Waals surface area contributed by atoms with E-state index in [9.17, 15) is 23.6 Å². The number of aromatic amines is 1. The van der Waals surface area contributed by atoms with E-state index in [1.54, 1.807) is 14.0 Å². The molecule has 2 atom stereocenters. The number of aromatic nitrogens is 1. The number of halogens is 1. The minimum atomic E-state index is -1.10. The quantitative estimate of drug-likeness (QED) is 0.298. The van der Waals surface area contributed by atoms with Crippen LogP contribution in [0.5, 0.6) is 0 Å². The highest BCUT2D eigenvalue weighted by Gasteiger charge is 2.34. The molecule has 0 bridgehead atoms. The summed E-state index contributed by atoms with van der Waals surface area (Å²) in [5.74, 6) is -2.19. The van der Waals surface area contributed by atoms with E-state index >= 15 is 0 Å². The monoisotopic (exact) mass is 590 g/mol. The molecule has 4 N–H and O–H groups in total. The number of carbonyl (C=O) groups excluding carboxylic acids is 3. The fourth-order valence-corrected chi connectivity index (χ4v) is 5.80. The van der Waals surface area contributed by atoms with Crippen molar-refractivity contribution >= 4 is 34.8 Å². The Morgan fingerprint density at radius 2 is 1.95 bits per heavy atom. The summed E-state index contributed by atoms with van der Waals surface area (Å²) in [5, 5.41) is 14.9. The van der Waals surface area contributed by atoms with Gasteiger partial charge in [0.25, 0.3) is 5.91 Å². The van der Waals surface area contributed by atoms with Gasteiger partial charge >= 0.3 is 12.1 Å². The molecule has 10 nitrogen and oxygen atoms in total. The highest BCUT2D eigenvalue weighted by atomic mass is 19.1. The second-order valence-corrected chi connectivity index (χ2v) is 11.5. The van der Waals surface area contributed by atoms with E-state index in [-0.39, 0.29) is 11.8 Å². The van der Waals surface area contributed by atoms with Crippen LogP contribution in [0.25, 0.3) is 22.2 Å². The molecule has 3 amide bonds. The largest absolute Gasteiger partial charge is 0.480 e. The van der Waals surface area contributed by atoms with Crippen molar-refractivity contribution in [3.63, 3.8) is 0 Å². The number of carboxylic acids is 1. The Morgan fingerprint density at radius 3 is 2.70 bits per heavy atom. The minimum absolute atomic E-state index is 0.288. The van der Waals surface area contributed by atoms with Gasteiger partial charge in [-0.25, -0.2) is 9.18 Å². The zero-order chi connectivity index (χ0) is 30.7. The molecule has 0 spiro atoms. The van der Waals surface area contributed by atoms with Crippen LogP contribution in [0.15, 0.2) is 48.6 Å². The Hall–Kier alpha value is -4.67. The molecule has 0 fully saturated rings. The van der Waals surface area contributed by atoms with Gasteiger partial charge in [-0.05, 0) is 67.0 Å². The Morgan fingerprint density at radius 1 is 1.19 bits per heavy atom. The number of H-pyrrole nitrogens is 1. The van der Waals surface area contributed by atoms with E-state index in [4.69, 9.17) is 9.84 Å². The number of aliphatic carboxylic acids is 1. The molecule has 11 heteroatoms. The molecule has 0 saturated carbocycles. The SMILES string of the molecule is CN(Cc1ccc(-c2[nH]c3cc(F)cc4c3c2CCNC4=O)cc1)C(=O)O[C@H]1/C=C/CC[C@@](C)(C(=O)NCC(=O)O)CC1.